The molecule has 3 aliphatic carbocycles. The molecule has 2 atom stereocenters. The third kappa shape index (κ3) is 2.88. The maximum Gasteiger partial charge on any atom is 0.238 e. The average molecular weight is 456 g/mol. The molecule has 2 bridgehead atoms. The predicted octanol–water partition coefficient (Wildman–Crippen LogP) is 6.50. The Kier molecular flexibility index (Phi) is 4.33. The van der Waals surface area contributed by atoms with E-state index in [-0.39, 0.29) is 35.5 Å². The van der Waals surface area contributed by atoms with Crippen LogP contribution in [-0.2, 0) is 9.59 Å². The first kappa shape index (κ1) is 20.0. The second-order valence-corrected chi connectivity index (χ2v) is 9.33. The number of amides is 2. The van der Waals surface area contributed by atoms with E-state index in [4.69, 9.17) is 0 Å². The van der Waals surface area contributed by atoms with Gasteiger partial charge < -0.3 is 0 Å². The molecule has 0 radical (unpaired) electrons. The fraction of sp³-hybridized carbons (Fsp3) is 0.133. The maximum atomic E-state index is 13.8. The summed E-state index contributed by atoms with van der Waals surface area (Å²) in [5.74, 6) is -1.18. The van der Waals surface area contributed by atoms with Crippen molar-refractivity contribution in [2.45, 2.75) is 11.8 Å². The van der Waals surface area contributed by atoms with Gasteiger partial charge in [-0.05, 0) is 58.7 Å². The molecule has 0 saturated carbocycles. The van der Waals surface area contributed by atoms with E-state index in [0.29, 0.717) is 11.4 Å². The quantitative estimate of drug-likeness (QED) is 0.262. The zero-order chi connectivity index (χ0) is 23.5. The molecule has 2 unspecified atom stereocenters. The summed E-state index contributed by atoms with van der Waals surface area (Å²) in [6, 6.07) is 33.2. The summed E-state index contributed by atoms with van der Waals surface area (Å²) in [7, 11) is 0. The summed E-state index contributed by atoms with van der Waals surface area (Å²) in [5.41, 5.74) is 6.72. The van der Waals surface area contributed by atoms with Gasteiger partial charge in [-0.2, -0.15) is 10.2 Å². The third-order valence-corrected chi connectivity index (χ3v) is 7.59. The van der Waals surface area contributed by atoms with E-state index in [1.165, 1.54) is 27.2 Å². The highest BCUT2D eigenvalue weighted by Gasteiger charge is 2.61. The van der Waals surface area contributed by atoms with Crippen molar-refractivity contribution in [3.05, 3.63) is 125 Å². The molecule has 5 heteroatoms. The summed E-state index contributed by atoms with van der Waals surface area (Å²) < 4.78 is 0. The Morgan fingerprint density at radius 2 is 0.886 bits per heavy atom. The van der Waals surface area contributed by atoms with Crippen LogP contribution in [0.25, 0.3) is 0 Å². The molecule has 1 saturated heterocycles. The number of nitrogens with zero attached hydrogens (tertiary/aromatic N) is 3. The number of hydrogen-bond acceptors (Lipinski definition) is 4. The predicted molar refractivity (Wildman–Crippen MR) is 133 cm³/mol. The van der Waals surface area contributed by atoms with Crippen molar-refractivity contribution in [2.24, 2.45) is 22.1 Å². The first-order valence-corrected chi connectivity index (χ1v) is 11.8. The Bertz CT molecular complexity index is 1390. The molecule has 0 N–H and O–H groups in total. The normalized spacial score (nSPS) is 23.9. The number of benzene rings is 4. The summed E-state index contributed by atoms with van der Waals surface area (Å²) >= 11 is 0. The Labute approximate surface area is 202 Å². The lowest BCUT2D eigenvalue weighted by atomic mass is 9.55. The highest BCUT2D eigenvalue weighted by atomic mass is 16.2. The molecule has 4 aliphatic rings. The Balaban J connectivity index is 1.25. The number of imide groups is 1. The first-order valence-electron chi connectivity index (χ1n) is 11.8. The van der Waals surface area contributed by atoms with Gasteiger partial charge in [0.1, 0.15) is 0 Å². The van der Waals surface area contributed by atoms with E-state index in [1.54, 1.807) is 24.3 Å². The number of carbonyl (C=O) groups is 2. The van der Waals surface area contributed by atoms with Gasteiger partial charge in [0, 0.05) is 11.8 Å². The number of rotatable bonds is 3. The number of carbonyl (C=O) groups excluding carboxylic acids is 2. The molecule has 5 nitrogen and oxygen atoms in total. The monoisotopic (exact) mass is 455 g/mol. The van der Waals surface area contributed by atoms with Crippen LogP contribution >= 0.6 is 0 Å². The van der Waals surface area contributed by atoms with Crippen molar-refractivity contribution >= 4 is 28.9 Å². The van der Waals surface area contributed by atoms with Crippen LogP contribution in [0, 0.1) is 11.8 Å². The van der Waals surface area contributed by atoms with Crippen LogP contribution in [0.1, 0.15) is 34.1 Å². The molecule has 1 fully saturated rings. The second-order valence-electron chi connectivity index (χ2n) is 9.33. The molecule has 0 spiro atoms. The fourth-order valence-corrected chi connectivity index (χ4v) is 6.21. The topological polar surface area (TPSA) is 62.1 Å². The Hall–Kier alpha value is -4.38. The Morgan fingerprint density at radius 3 is 1.34 bits per heavy atom. The van der Waals surface area contributed by atoms with Gasteiger partial charge in [-0.1, -0.05) is 66.7 Å². The van der Waals surface area contributed by atoms with E-state index < -0.39 is 0 Å². The van der Waals surface area contributed by atoms with Gasteiger partial charge in [-0.3, -0.25) is 9.59 Å². The maximum absolute atomic E-state index is 13.8. The minimum atomic E-state index is -0.380. The molecule has 168 valence electrons. The molecular weight excluding hydrogens is 434 g/mol. The van der Waals surface area contributed by atoms with Crippen LogP contribution in [0.2, 0.25) is 0 Å². The van der Waals surface area contributed by atoms with Crippen molar-refractivity contribution in [3.63, 3.8) is 0 Å². The molecule has 35 heavy (non-hydrogen) atoms. The van der Waals surface area contributed by atoms with Gasteiger partial charge >= 0.3 is 0 Å². The van der Waals surface area contributed by atoms with E-state index in [0.717, 1.165) is 5.69 Å². The number of anilines is 1. The van der Waals surface area contributed by atoms with Gasteiger partial charge in [-0.15, -0.1) is 0 Å². The SMILES string of the molecule is O=C1C2C3c4ccccc4C(c4ccccc43)C2C(=O)N1c1ccc(N=Nc2ccccc2)cc1. The first-order chi connectivity index (χ1) is 17.2. The van der Waals surface area contributed by atoms with Crippen LogP contribution in [-0.4, -0.2) is 11.8 Å². The molecule has 0 aromatic heterocycles. The molecule has 2 amide bonds. The van der Waals surface area contributed by atoms with Crippen molar-refractivity contribution in [1.82, 2.24) is 0 Å². The lowest BCUT2D eigenvalue weighted by molar-refractivity contribution is -0.122. The standard InChI is InChI=1S/C30H21N3O2/c34-29-27-25-21-10-4-5-11-22(21)26(24-13-7-6-12-23(24)25)28(27)30(35)33(29)20-16-14-19(15-17-20)32-31-18-8-2-1-3-9-18/h1-17,25-28H. The highest BCUT2D eigenvalue weighted by Crippen LogP contribution is 2.61. The summed E-state index contributed by atoms with van der Waals surface area (Å²) in [6.07, 6.45) is 0. The van der Waals surface area contributed by atoms with E-state index >= 15 is 0 Å². The lowest BCUT2D eigenvalue weighted by Crippen LogP contribution is -2.41. The molecule has 4 aromatic rings. The van der Waals surface area contributed by atoms with Gasteiger partial charge in [0.15, 0.2) is 0 Å². The van der Waals surface area contributed by atoms with Crippen molar-refractivity contribution in [1.29, 1.82) is 0 Å². The van der Waals surface area contributed by atoms with Crippen molar-refractivity contribution in [3.8, 4) is 0 Å². The number of azo groups is 1. The van der Waals surface area contributed by atoms with E-state index in [2.05, 4.69) is 34.5 Å². The van der Waals surface area contributed by atoms with Crippen molar-refractivity contribution < 1.29 is 9.59 Å². The minimum Gasteiger partial charge on any atom is -0.274 e. The molecule has 1 heterocycles. The molecular formula is C30H21N3O2. The zero-order valence-electron chi connectivity index (χ0n) is 18.8. The lowest BCUT2D eigenvalue weighted by Gasteiger charge is -2.45. The Morgan fingerprint density at radius 1 is 0.486 bits per heavy atom. The highest BCUT2D eigenvalue weighted by molar-refractivity contribution is 6.23. The summed E-state index contributed by atoms with van der Waals surface area (Å²) in [4.78, 5) is 29.0. The summed E-state index contributed by atoms with van der Waals surface area (Å²) in [6.45, 7) is 0. The van der Waals surface area contributed by atoms with E-state index in [9.17, 15) is 9.59 Å². The third-order valence-electron chi connectivity index (χ3n) is 7.59. The molecule has 8 rings (SSSR count). The van der Waals surface area contributed by atoms with Crippen LogP contribution in [0.4, 0.5) is 17.1 Å². The van der Waals surface area contributed by atoms with Crippen molar-refractivity contribution in [2.75, 3.05) is 4.90 Å². The van der Waals surface area contributed by atoms with Crippen LogP contribution in [0.5, 0.6) is 0 Å². The molecule has 1 aliphatic heterocycles. The van der Waals surface area contributed by atoms with Crippen LogP contribution in [0.15, 0.2) is 113 Å². The average Bonchev–Trinajstić information content (AvgIpc) is 3.18. The van der Waals surface area contributed by atoms with E-state index in [1.807, 2.05) is 54.6 Å². The van der Waals surface area contributed by atoms with Gasteiger partial charge in [0.2, 0.25) is 11.8 Å². The fourth-order valence-electron chi connectivity index (χ4n) is 6.21. The summed E-state index contributed by atoms with van der Waals surface area (Å²) in [5, 5.41) is 8.52. The zero-order valence-corrected chi connectivity index (χ0v) is 18.8. The van der Waals surface area contributed by atoms with Crippen LogP contribution in [0.3, 0.4) is 0 Å². The van der Waals surface area contributed by atoms with Gasteiger partial charge in [0.25, 0.3) is 0 Å². The van der Waals surface area contributed by atoms with Gasteiger partial charge in [0.05, 0.1) is 28.9 Å². The van der Waals surface area contributed by atoms with Gasteiger partial charge in [-0.25, -0.2) is 4.90 Å². The largest absolute Gasteiger partial charge is 0.274 e. The van der Waals surface area contributed by atoms with Crippen LogP contribution < -0.4 is 4.90 Å². The minimum absolute atomic E-state index is 0.0993. The smallest absolute Gasteiger partial charge is 0.238 e. The number of hydrogen-bond donors (Lipinski definition) is 0. The second kappa shape index (κ2) is 7.57. The molecule has 4 aromatic carbocycles.